The molecule has 3 aromatic rings. The maximum Gasteiger partial charge on any atom is 0.151 e. The number of hydrogen-bond donors (Lipinski definition) is 1. The molecule has 0 amide bonds. The zero-order valence-electron chi connectivity index (χ0n) is 11.0. The van der Waals surface area contributed by atoms with Gasteiger partial charge in [0.05, 0.1) is 23.0 Å². The monoisotopic (exact) mass is 302 g/mol. The van der Waals surface area contributed by atoms with Crippen molar-refractivity contribution >= 4 is 39.0 Å². The number of nitrogen functional groups attached to an aromatic ring is 1. The first kappa shape index (κ1) is 13.3. The third kappa shape index (κ3) is 2.73. The van der Waals surface area contributed by atoms with E-state index in [0.29, 0.717) is 5.69 Å². The van der Waals surface area contributed by atoms with Gasteiger partial charge in [-0.25, -0.2) is 4.98 Å². The summed E-state index contributed by atoms with van der Waals surface area (Å²) >= 11 is 3.46. The van der Waals surface area contributed by atoms with Gasteiger partial charge in [-0.1, -0.05) is 30.0 Å². The van der Waals surface area contributed by atoms with E-state index < -0.39 is 0 Å². The first-order valence-corrected chi connectivity index (χ1v) is 7.97. The summed E-state index contributed by atoms with van der Waals surface area (Å²) < 4.78 is 7.47. The predicted octanol–water partition coefficient (Wildman–Crippen LogP) is 4.18. The number of methoxy groups -OCH3 is 1. The number of nitrogens with two attached hydrogens (primary N) is 1. The number of aromatic nitrogens is 1. The van der Waals surface area contributed by atoms with E-state index in [1.54, 1.807) is 30.2 Å². The third-order valence-electron chi connectivity index (χ3n) is 2.93. The molecule has 0 radical (unpaired) electrons. The quantitative estimate of drug-likeness (QED) is 0.580. The molecule has 1 aromatic heterocycles. The maximum atomic E-state index is 5.91. The lowest BCUT2D eigenvalue weighted by Gasteiger charge is -2.06. The van der Waals surface area contributed by atoms with Crippen molar-refractivity contribution < 1.29 is 4.74 Å². The number of nitrogens with zero attached hydrogens (tertiary/aromatic N) is 1. The molecule has 5 heteroatoms. The maximum absolute atomic E-state index is 5.91. The second-order valence-electron chi connectivity index (χ2n) is 4.31. The molecule has 0 aliphatic rings. The molecule has 2 aromatic carbocycles. The van der Waals surface area contributed by atoms with E-state index in [0.717, 1.165) is 21.4 Å². The minimum Gasteiger partial charge on any atom is -0.495 e. The molecule has 0 aliphatic heterocycles. The van der Waals surface area contributed by atoms with Gasteiger partial charge < -0.3 is 10.5 Å². The van der Waals surface area contributed by atoms with Crippen molar-refractivity contribution in [3.63, 3.8) is 0 Å². The Balaban J connectivity index is 1.74. The second kappa shape index (κ2) is 5.73. The highest BCUT2D eigenvalue weighted by Gasteiger charge is 2.05. The smallest absolute Gasteiger partial charge is 0.151 e. The molecule has 0 fully saturated rings. The number of rotatable bonds is 4. The highest BCUT2D eigenvalue weighted by atomic mass is 32.2. The van der Waals surface area contributed by atoms with Crippen LogP contribution < -0.4 is 10.5 Å². The van der Waals surface area contributed by atoms with E-state index >= 15 is 0 Å². The SMILES string of the molecule is COc1ccc(CSc2nc3ccccc3s2)cc1N. The highest BCUT2D eigenvalue weighted by Crippen LogP contribution is 2.32. The Hall–Kier alpha value is -1.72. The summed E-state index contributed by atoms with van der Waals surface area (Å²) in [5.74, 6) is 1.58. The summed E-state index contributed by atoms with van der Waals surface area (Å²) in [6.45, 7) is 0. The molecular formula is C15H14N2OS2. The van der Waals surface area contributed by atoms with Crippen LogP contribution in [0.2, 0.25) is 0 Å². The molecule has 102 valence electrons. The number of fused-ring (bicyclic) bond motifs is 1. The van der Waals surface area contributed by atoms with E-state index in [9.17, 15) is 0 Å². The Bertz CT molecular complexity index is 707. The lowest BCUT2D eigenvalue weighted by molar-refractivity contribution is 0.417. The topological polar surface area (TPSA) is 48.1 Å². The van der Waals surface area contributed by atoms with Crippen molar-refractivity contribution in [1.29, 1.82) is 0 Å². The molecule has 2 N–H and O–H groups in total. The molecule has 1 heterocycles. The van der Waals surface area contributed by atoms with Crippen LogP contribution in [0.15, 0.2) is 46.8 Å². The molecule has 3 nitrogen and oxygen atoms in total. The lowest BCUT2D eigenvalue weighted by Crippen LogP contribution is -1.93. The van der Waals surface area contributed by atoms with Gasteiger partial charge >= 0.3 is 0 Å². The van der Waals surface area contributed by atoms with E-state index in [2.05, 4.69) is 11.1 Å². The van der Waals surface area contributed by atoms with Gasteiger partial charge in [0, 0.05) is 5.75 Å². The average Bonchev–Trinajstić information content (AvgIpc) is 2.88. The van der Waals surface area contributed by atoms with Crippen LogP contribution in [0.4, 0.5) is 5.69 Å². The van der Waals surface area contributed by atoms with E-state index in [1.807, 2.05) is 36.4 Å². The third-order valence-corrected chi connectivity index (χ3v) is 5.18. The van der Waals surface area contributed by atoms with Crippen LogP contribution >= 0.6 is 23.1 Å². The predicted molar refractivity (Wildman–Crippen MR) is 86.6 cm³/mol. The fraction of sp³-hybridized carbons (Fsp3) is 0.133. The molecule has 0 bridgehead atoms. The van der Waals surface area contributed by atoms with E-state index in [1.165, 1.54) is 10.3 Å². The number of anilines is 1. The summed E-state index contributed by atoms with van der Waals surface area (Å²) in [7, 11) is 1.63. The Morgan fingerprint density at radius 1 is 1.25 bits per heavy atom. The number of thioether (sulfide) groups is 1. The lowest BCUT2D eigenvalue weighted by atomic mass is 10.2. The van der Waals surface area contributed by atoms with Crippen molar-refractivity contribution in [3.05, 3.63) is 48.0 Å². The number of para-hydroxylation sites is 1. The summed E-state index contributed by atoms with van der Waals surface area (Å²) in [6, 6.07) is 14.1. The number of hydrogen-bond acceptors (Lipinski definition) is 5. The summed E-state index contributed by atoms with van der Waals surface area (Å²) in [4.78, 5) is 4.61. The molecule has 0 aliphatic carbocycles. The van der Waals surface area contributed by atoms with Crippen LogP contribution in [0.1, 0.15) is 5.56 Å². The Morgan fingerprint density at radius 2 is 2.10 bits per heavy atom. The van der Waals surface area contributed by atoms with Crippen LogP contribution in [0.3, 0.4) is 0 Å². The van der Waals surface area contributed by atoms with Crippen molar-refractivity contribution in [3.8, 4) is 5.75 Å². The van der Waals surface area contributed by atoms with Crippen LogP contribution in [0, 0.1) is 0 Å². The highest BCUT2D eigenvalue weighted by molar-refractivity contribution is 8.00. The van der Waals surface area contributed by atoms with Gasteiger partial charge in [-0.15, -0.1) is 11.3 Å². The van der Waals surface area contributed by atoms with E-state index in [4.69, 9.17) is 10.5 Å². The molecule has 0 saturated carbocycles. The summed E-state index contributed by atoms with van der Waals surface area (Å²) in [5, 5.41) is 0. The minimum atomic E-state index is 0.676. The second-order valence-corrected chi connectivity index (χ2v) is 6.57. The number of thiazole rings is 1. The largest absolute Gasteiger partial charge is 0.495 e. The molecule has 20 heavy (non-hydrogen) atoms. The van der Waals surface area contributed by atoms with Gasteiger partial charge in [0.25, 0.3) is 0 Å². The molecule has 0 atom stereocenters. The Kier molecular flexibility index (Phi) is 3.80. The molecule has 0 saturated heterocycles. The van der Waals surface area contributed by atoms with Gasteiger partial charge in [0.1, 0.15) is 5.75 Å². The molecule has 0 unspecified atom stereocenters. The Labute approximate surface area is 125 Å². The minimum absolute atomic E-state index is 0.676. The Morgan fingerprint density at radius 3 is 2.85 bits per heavy atom. The first-order valence-electron chi connectivity index (χ1n) is 6.17. The van der Waals surface area contributed by atoms with Gasteiger partial charge in [-0.05, 0) is 29.8 Å². The molecular weight excluding hydrogens is 288 g/mol. The standard InChI is InChI=1S/C15H14N2OS2/c1-18-13-7-6-10(8-11(13)16)9-19-15-17-12-4-2-3-5-14(12)20-15/h2-8H,9,16H2,1H3. The van der Waals surface area contributed by atoms with Crippen molar-refractivity contribution in [2.24, 2.45) is 0 Å². The van der Waals surface area contributed by atoms with Crippen molar-refractivity contribution in [2.45, 2.75) is 10.1 Å². The van der Waals surface area contributed by atoms with Crippen LogP contribution in [-0.2, 0) is 5.75 Å². The zero-order valence-corrected chi connectivity index (χ0v) is 12.6. The first-order chi connectivity index (χ1) is 9.76. The van der Waals surface area contributed by atoms with Crippen LogP contribution in [0.5, 0.6) is 5.75 Å². The van der Waals surface area contributed by atoms with Gasteiger partial charge in [0.2, 0.25) is 0 Å². The van der Waals surface area contributed by atoms with Crippen LogP contribution in [-0.4, -0.2) is 12.1 Å². The number of benzene rings is 2. The van der Waals surface area contributed by atoms with E-state index in [-0.39, 0.29) is 0 Å². The normalized spacial score (nSPS) is 10.8. The fourth-order valence-corrected chi connectivity index (χ4v) is 3.94. The summed E-state index contributed by atoms with van der Waals surface area (Å²) in [6.07, 6.45) is 0. The van der Waals surface area contributed by atoms with Gasteiger partial charge in [-0.3, -0.25) is 0 Å². The van der Waals surface area contributed by atoms with Gasteiger partial charge in [0.15, 0.2) is 4.34 Å². The number of ether oxygens (including phenoxy) is 1. The molecule has 0 spiro atoms. The van der Waals surface area contributed by atoms with Crippen molar-refractivity contribution in [2.75, 3.05) is 12.8 Å². The van der Waals surface area contributed by atoms with Crippen molar-refractivity contribution in [1.82, 2.24) is 4.98 Å². The molecule has 3 rings (SSSR count). The fourth-order valence-electron chi connectivity index (χ4n) is 1.93. The summed E-state index contributed by atoms with van der Waals surface area (Å²) in [5.41, 5.74) is 8.83. The van der Waals surface area contributed by atoms with Crippen LogP contribution in [0.25, 0.3) is 10.2 Å². The van der Waals surface area contributed by atoms with Gasteiger partial charge in [-0.2, -0.15) is 0 Å². The average molecular weight is 302 g/mol. The zero-order chi connectivity index (χ0) is 13.9.